The third kappa shape index (κ3) is 4.89. The van der Waals surface area contributed by atoms with Crippen LogP contribution in [0.25, 0.3) is 10.8 Å². The van der Waals surface area contributed by atoms with Crippen molar-refractivity contribution in [1.29, 1.82) is 0 Å². The highest BCUT2D eigenvalue weighted by Gasteiger charge is 2.30. The molecule has 0 aliphatic heterocycles. The highest BCUT2D eigenvalue weighted by molar-refractivity contribution is 6.03. The molecule has 0 fully saturated rings. The third-order valence-corrected chi connectivity index (χ3v) is 4.45. The highest BCUT2D eigenvalue weighted by atomic mass is 19.4. The predicted octanol–water partition coefficient (Wildman–Crippen LogP) is 4.57. The molecule has 5 nitrogen and oxygen atoms in total. The maximum atomic E-state index is 12.8. The molecule has 0 aliphatic carbocycles. The molecule has 30 heavy (non-hydrogen) atoms. The fourth-order valence-electron chi connectivity index (χ4n) is 2.99. The highest BCUT2D eigenvalue weighted by Crippen LogP contribution is 2.30. The van der Waals surface area contributed by atoms with Gasteiger partial charge in [0.05, 0.1) is 32.4 Å². The number of carbonyl (C=O) groups excluding carboxylic acids is 1. The Morgan fingerprint density at radius 2 is 1.83 bits per heavy atom. The van der Waals surface area contributed by atoms with Gasteiger partial charge < -0.3 is 9.47 Å². The first-order valence-electron chi connectivity index (χ1n) is 8.94. The van der Waals surface area contributed by atoms with E-state index in [0.29, 0.717) is 17.1 Å². The first-order valence-corrected chi connectivity index (χ1v) is 8.94. The summed E-state index contributed by atoms with van der Waals surface area (Å²) in [5.41, 5.74) is 2.42. The van der Waals surface area contributed by atoms with Crippen LogP contribution in [0.2, 0.25) is 0 Å². The van der Waals surface area contributed by atoms with Gasteiger partial charge in [-0.25, -0.2) is 5.43 Å². The summed E-state index contributed by atoms with van der Waals surface area (Å²) in [6.45, 7) is 0. The number of hydrogen-bond donors (Lipinski definition) is 1. The van der Waals surface area contributed by atoms with Gasteiger partial charge >= 0.3 is 6.18 Å². The van der Waals surface area contributed by atoms with Crippen LogP contribution in [-0.4, -0.2) is 26.3 Å². The summed E-state index contributed by atoms with van der Waals surface area (Å²) >= 11 is 0. The third-order valence-electron chi connectivity index (χ3n) is 4.45. The van der Waals surface area contributed by atoms with E-state index >= 15 is 0 Å². The number of methoxy groups -OCH3 is 2. The van der Waals surface area contributed by atoms with Crippen molar-refractivity contribution in [3.05, 3.63) is 71.3 Å². The van der Waals surface area contributed by atoms with E-state index in [1.807, 2.05) is 24.3 Å². The smallest absolute Gasteiger partial charge is 0.416 e. The Labute approximate surface area is 171 Å². The number of hydrogen-bond acceptors (Lipinski definition) is 4. The molecule has 0 unspecified atom stereocenters. The molecule has 0 aromatic heterocycles. The van der Waals surface area contributed by atoms with E-state index in [9.17, 15) is 18.0 Å². The van der Waals surface area contributed by atoms with E-state index in [-0.39, 0.29) is 12.0 Å². The molecule has 0 heterocycles. The van der Waals surface area contributed by atoms with Crippen molar-refractivity contribution in [2.24, 2.45) is 5.10 Å². The molecule has 0 atom stereocenters. The normalized spacial score (nSPS) is 11.6. The molecule has 0 bridgehead atoms. The largest absolute Gasteiger partial charge is 0.497 e. The number of alkyl halides is 3. The fraction of sp³-hybridized carbons (Fsp3) is 0.182. The van der Waals surface area contributed by atoms with Crippen LogP contribution in [0.15, 0.2) is 59.7 Å². The van der Waals surface area contributed by atoms with Crippen molar-refractivity contribution < 1.29 is 27.4 Å². The van der Waals surface area contributed by atoms with Gasteiger partial charge in [-0.2, -0.15) is 18.3 Å². The van der Waals surface area contributed by atoms with E-state index in [4.69, 9.17) is 9.47 Å². The molecule has 1 amide bonds. The molecule has 3 rings (SSSR count). The Kier molecular flexibility index (Phi) is 6.25. The van der Waals surface area contributed by atoms with Crippen LogP contribution < -0.4 is 14.9 Å². The molecular weight excluding hydrogens is 397 g/mol. The molecule has 3 aromatic rings. The van der Waals surface area contributed by atoms with E-state index in [1.54, 1.807) is 13.2 Å². The summed E-state index contributed by atoms with van der Waals surface area (Å²) in [5.74, 6) is 0.660. The first kappa shape index (κ1) is 21.2. The molecule has 3 aromatic carbocycles. The Morgan fingerprint density at radius 1 is 1.07 bits per heavy atom. The van der Waals surface area contributed by atoms with Crippen molar-refractivity contribution >= 4 is 22.9 Å². The van der Waals surface area contributed by atoms with E-state index in [2.05, 4.69) is 10.5 Å². The quantitative estimate of drug-likeness (QED) is 0.473. The van der Waals surface area contributed by atoms with Gasteiger partial charge in [-0.3, -0.25) is 4.79 Å². The molecule has 0 radical (unpaired) electrons. The number of ether oxygens (including phenoxy) is 2. The zero-order chi connectivity index (χ0) is 21.7. The van der Waals surface area contributed by atoms with Gasteiger partial charge in [0.1, 0.15) is 11.5 Å². The van der Waals surface area contributed by atoms with Gasteiger partial charge in [0.15, 0.2) is 0 Å². The average molecular weight is 416 g/mol. The van der Waals surface area contributed by atoms with Gasteiger partial charge in [-0.15, -0.1) is 0 Å². The average Bonchev–Trinajstić information content (AvgIpc) is 2.73. The summed E-state index contributed by atoms with van der Waals surface area (Å²) in [6, 6.07) is 13.8. The molecule has 0 aliphatic rings. The molecule has 0 saturated carbocycles. The lowest BCUT2D eigenvalue weighted by Crippen LogP contribution is -2.20. The lowest BCUT2D eigenvalue weighted by Gasteiger charge is -2.10. The fourth-order valence-corrected chi connectivity index (χ4v) is 2.99. The van der Waals surface area contributed by atoms with Gasteiger partial charge in [0.25, 0.3) is 0 Å². The SMILES string of the molecule is COc1ccc2ccc(OC)c(/C=N/NC(=O)Cc3cccc(C(F)(F)F)c3)c2c1. The summed E-state index contributed by atoms with van der Waals surface area (Å²) < 4.78 is 49.0. The van der Waals surface area contributed by atoms with Crippen LogP contribution in [0.4, 0.5) is 13.2 Å². The number of nitrogens with zero attached hydrogens (tertiary/aromatic N) is 1. The summed E-state index contributed by atoms with van der Waals surface area (Å²) in [4.78, 5) is 12.1. The Balaban J connectivity index is 1.78. The van der Waals surface area contributed by atoms with Crippen molar-refractivity contribution in [3.8, 4) is 11.5 Å². The molecule has 0 spiro atoms. The van der Waals surface area contributed by atoms with Crippen LogP contribution in [0.5, 0.6) is 11.5 Å². The number of fused-ring (bicyclic) bond motifs is 1. The molecule has 8 heteroatoms. The zero-order valence-corrected chi connectivity index (χ0v) is 16.3. The van der Waals surface area contributed by atoms with E-state index in [0.717, 1.165) is 22.9 Å². The van der Waals surface area contributed by atoms with Crippen LogP contribution in [0.3, 0.4) is 0 Å². The Bertz CT molecular complexity index is 1090. The number of hydrazone groups is 1. The molecular formula is C22H19F3N2O3. The maximum Gasteiger partial charge on any atom is 0.416 e. The van der Waals surface area contributed by atoms with Crippen molar-refractivity contribution in [2.75, 3.05) is 14.2 Å². The van der Waals surface area contributed by atoms with Gasteiger partial charge in [0.2, 0.25) is 5.91 Å². The number of nitrogens with one attached hydrogen (secondary N) is 1. The predicted molar refractivity (Wildman–Crippen MR) is 108 cm³/mol. The minimum atomic E-state index is -4.46. The molecule has 156 valence electrons. The number of halogens is 3. The minimum Gasteiger partial charge on any atom is -0.497 e. The van der Waals surface area contributed by atoms with Crippen molar-refractivity contribution in [3.63, 3.8) is 0 Å². The molecule has 1 N–H and O–H groups in total. The summed E-state index contributed by atoms with van der Waals surface area (Å²) in [5, 5.41) is 5.69. The monoisotopic (exact) mass is 416 g/mol. The Morgan fingerprint density at radius 3 is 2.53 bits per heavy atom. The zero-order valence-electron chi connectivity index (χ0n) is 16.3. The van der Waals surface area contributed by atoms with E-state index < -0.39 is 17.6 Å². The first-order chi connectivity index (χ1) is 14.3. The van der Waals surface area contributed by atoms with Crippen LogP contribution >= 0.6 is 0 Å². The van der Waals surface area contributed by atoms with Gasteiger partial charge in [-0.1, -0.05) is 30.3 Å². The molecule has 0 saturated heterocycles. The Hall–Kier alpha value is -3.55. The number of amides is 1. The number of benzene rings is 3. The van der Waals surface area contributed by atoms with Gasteiger partial charge in [-0.05, 0) is 40.6 Å². The van der Waals surface area contributed by atoms with Gasteiger partial charge in [0, 0.05) is 5.56 Å². The summed E-state index contributed by atoms with van der Waals surface area (Å²) in [7, 11) is 3.08. The van der Waals surface area contributed by atoms with Crippen molar-refractivity contribution in [2.45, 2.75) is 12.6 Å². The van der Waals surface area contributed by atoms with Crippen LogP contribution in [0, 0.1) is 0 Å². The standard InChI is InChI=1S/C22H19F3N2O3/c1-29-17-8-6-15-7-9-20(30-2)19(18(15)12-17)13-26-27-21(28)11-14-4-3-5-16(10-14)22(23,24)25/h3-10,12-13H,11H2,1-2H3,(H,27,28)/b26-13+. The lowest BCUT2D eigenvalue weighted by molar-refractivity contribution is -0.137. The second-order valence-corrected chi connectivity index (χ2v) is 6.44. The maximum absolute atomic E-state index is 12.8. The van der Waals surface area contributed by atoms with E-state index in [1.165, 1.54) is 25.5 Å². The number of carbonyl (C=O) groups is 1. The number of rotatable bonds is 6. The second-order valence-electron chi connectivity index (χ2n) is 6.44. The topological polar surface area (TPSA) is 59.9 Å². The minimum absolute atomic E-state index is 0.234. The lowest BCUT2D eigenvalue weighted by atomic mass is 10.0. The van der Waals surface area contributed by atoms with Crippen LogP contribution in [0.1, 0.15) is 16.7 Å². The van der Waals surface area contributed by atoms with Crippen LogP contribution in [-0.2, 0) is 17.4 Å². The summed E-state index contributed by atoms with van der Waals surface area (Å²) in [6.07, 6.45) is -3.26. The van der Waals surface area contributed by atoms with Crippen molar-refractivity contribution in [1.82, 2.24) is 5.43 Å². The second kappa shape index (κ2) is 8.86.